The fourth-order valence-electron chi connectivity index (χ4n) is 3.19. The van der Waals surface area contributed by atoms with Gasteiger partial charge < -0.3 is 9.84 Å². The van der Waals surface area contributed by atoms with E-state index in [1.807, 2.05) is 30.3 Å². The van der Waals surface area contributed by atoms with Gasteiger partial charge in [0.05, 0.1) is 23.3 Å². The number of benzene rings is 2. The molecule has 0 radical (unpaired) electrons. The number of sulfone groups is 1. The lowest BCUT2D eigenvalue weighted by Crippen LogP contribution is -2.30. The number of carbonyl (C=O) groups excluding carboxylic acids is 1. The van der Waals surface area contributed by atoms with E-state index in [1.165, 1.54) is 13.2 Å². The van der Waals surface area contributed by atoms with E-state index in [9.17, 15) is 18.3 Å². The number of esters is 1. The first-order chi connectivity index (χ1) is 11.3. The van der Waals surface area contributed by atoms with Gasteiger partial charge in [-0.05, 0) is 24.1 Å². The van der Waals surface area contributed by atoms with Crippen molar-refractivity contribution in [2.75, 3.05) is 12.9 Å². The number of hydrogen-bond donors (Lipinski definition) is 1. The first-order valence-corrected chi connectivity index (χ1v) is 9.14. The summed E-state index contributed by atoms with van der Waals surface area (Å²) in [6.07, 6.45) is 0.192. The van der Waals surface area contributed by atoms with Gasteiger partial charge in [-0.1, -0.05) is 36.4 Å². The molecule has 126 valence electrons. The Morgan fingerprint density at radius 3 is 2.54 bits per heavy atom. The summed E-state index contributed by atoms with van der Waals surface area (Å²) in [5.74, 6) is -0.988. The van der Waals surface area contributed by atoms with Gasteiger partial charge >= 0.3 is 5.97 Å². The number of aryl methyl sites for hydroxylation is 1. The van der Waals surface area contributed by atoms with Crippen LogP contribution >= 0.6 is 0 Å². The van der Waals surface area contributed by atoms with E-state index in [-0.39, 0.29) is 16.9 Å². The molecule has 6 heteroatoms. The van der Waals surface area contributed by atoms with E-state index in [4.69, 9.17) is 4.74 Å². The zero-order chi connectivity index (χ0) is 17.5. The van der Waals surface area contributed by atoms with Crippen LogP contribution in [0.25, 0.3) is 0 Å². The van der Waals surface area contributed by atoms with Gasteiger partial charge in [-0.15, -0.1) is 0 Å². The average Bonchev–Trinajstić information content (AvgIpc) is 2.72. The summed E-state index contributed by atoms with van der Waals surface area (Å²) in [4.78, 5) is 11.8. The fraction of sp³-hybridized carbons (Fsp3) is 0.278. The van der Waals surface area contributed by atoms with E-state index in [2.05, 4.69) is 0 Å². The predicted octanol–water partition coefficient (Wildman–Crippen LogP) is 2.00. The maximum absolute atomic E-state index is 12.5. The molecule has 1 N–H and O–H groups in total. The Morgan fingerprint density at radius 2 is 1.92 bits per heavy atom. The van der Waals surface area contributed by atoms with Crippen molar-refractivity contribution in [2.45, 2.75) is 23.8 Å². The van der Waals surface area contributed by atoms with Crippen LogP contribution in [-0.2, 0) is 26.6 Å². The lowest BCUT2D eigenvalue weighted by Gasteiger charge is -2.23. The fourth-order valence-corrected chi connectivity index (χ4v) is 5.11. The van der Waals surface area contributed by atoms with Gasteiger partial charge in [0.1, 0.15) is 5.60 Å². The smallest absolute Gasteiger partial charge is 0.338 e. The van der Waals surface area contributed by atoms with E-state index in [1.54, 1.807) is 13.0 Å². The Hall–Kier alpha value is -2.18. The second kappa shape index (κ2) is 5.72. The van der Waals surface area contributed by atoms with Gasteiger partial charge in [-0.3, -0.25) is 0 Å². The van der Waals surface area contributed by atoms with Gasteiger partial charge in [0.2, 0.25) is 0 Å². The van der Waals surface area contributed by atoms with Gasteiger partial charge in [0.15, 0.2) is 9.84 Å². The highest BCUT2D eigenvalue weighted by atomic mass is 32.2. The highest BCUT2D eigenvalue weighted by Crippen LogP contribution is 2.41. The Balaban J connectivity index is 2.13. The maximum atomic E-state index is 12.5. The normalized spacial score (nSPS) is 21.3. The summed E-state index contributed by atoms with van der Waals surface area (Å²) in [6.45, 7) is 1.69. The third kappa shape index (κ3) is 2.72. The van der Waals surface area contributed by atoms with Crippen LogP contribution in [0.2, 0.25) is 0 Å². The van der Waals surface area contributed by atoms with Crippen LogP contribution < -0.4 is 0 Å². The van der Waals surface area contributed by atoms with Crippen molar-refractivity contribution < 1.29 is 23.1 Å². The van der Waals surface area contributed by atoms with Crippen molar-refractivity contribution >= 4 is 15.8 Å². The molecule has 5 nitrogen and oxygen atoms in total. The number of fused-ring (bicyclic) bond motifs is 1. The minimum absolute atomic E-state index is 0.00642. The number of rotatable bonds is 3. The minimum Gasteiger partial charge on any atom is -0.465 e. The zero-order valence-corrected chi connectivity index (χ0v) is 14.3. The molecular weight excluding hydrogens is 328 g/mol. The van der Waals surface area contributed by atoms with Crippen molar-refractivity contribution in [3.63, 3.8) is 0 Å². The second-order valence-electron chi connectivity index (χ2n) is 6.11. The number of ether oxygens (including phenoxy) is 1. The Bertz CT molecular complexity index is 903. The molecule has 0 saturated heterocycles. The molecular formula is C18H18O5S. The van der Waals surface area contributed by atoms with E-state index in [0.29, 0.717) is 11.1 Å². The number of methoxy groups -OCH3 is 1. The van der Waals surface area contributed by atoms with Crippen LogP contribution in [0, 0.1) is 6.92 Å². The molecule has 0 saturated carbocycles. The molecule has 0 fully saturated rings. The van der Waals surface area contributed by atoms with Crippen molar-refractivity contribution in [3.05, 3.63) is 64.7 Å². The average molecular weight is 346 g/mol. The topological polar surface area (TPSA) is 80.7 Å². The maximum Gasteiger partial charge on any atom is 0.338 e. The summed E-state index contributed by atoms with van der Waals surface area (Å²) in [7, 11) is -2.43. The van der Waals surface area contributed by atoms with Crippen LogP contribution in [0.1, 0.15) is 27.0 Å². The highest BCUT2D eigenvalue weighted by Gasteiger charge is 2.46. The molecule has 0 bridgehead atoms. The summed E-state index contributed by atoms with van der Waals surface area (Å²) < 4.78 is 29.7. The Morgan fingerprint density at radius 1 is 1.25 bits per heavy atom. The first-order valence-electron chi connectivity index (χ1n) is 7.49. The van der Waals surface area contributed by atoms with Gasteiger partial charge in [0.25, 0.3) is 0 Å². The molecule has 24 heavy (non-hydrogen) atoms. The molecule has 2 aromatic rings. The summed E-state index contributed by atoms with van der Waals surface area (Å²) in [5, 5.41) is 11.0. The predicted molar refractivity (Wildman–Crippen MR) is 88.6 cm³/mol. The molecule has 0 aliphatic carbocycles. The molecule has 0 spiro atoms. The summed E-state index contributed by atoms with van der Waals surface area (Å²) in [5.41, 5.74) is 0.455. The number of hydrogen-bond acceptors (Lipinski definition) is 5. The van der Waals surface area contributed by atoms with Crippen LogP contribution in [0.15, 0.2) is 47.4 Å². The van der Waals surface area contributed by atoms with E-state index < -0.39 is 27.2 Å². The molecule has 1 atom stereocenters. The van der Waals surface area contributed by atoms with E-state index in [0.717, 1.165) is 5.56 Å². The molecule has 1 unspecified atom stereocenters. The quantitative estimate of drug-likeness (QED) is 0.860. The van der Waals surface area contributed by atoms with Crippen LogP contribution in [-0.4, -0.2) is 32.4 Å². The molecule has 1 aliphatic rings. The molecule has 1 heterocycles. The van der Waals surface area contributed by atoms with Crippen molar-refractivity contribution in [3.8, 4) is 0 Å². The van der Waals surface area contributed by atoms with Crippen LogP contribution in [0.3, 0.4) is 0 Å². The third-order valence-electron chi connectivity index (χ3n) is 4.34. The largest absolute Gasteiger partial charge is 0.465 e. The first kappa shape index (κ1) is 16.7. The van der Waals surface area contributed by atoms with Gasteiger partial charge in [-0.2, -0.15) is 0 Å². The lowest BCUT2D eigenvalue weighted by molar-refractivity contribution is 0.0589. The second-order valence-corrected chi connectivity index (χ2v) is 8.07. The molecule has 3 rings (SSSR count). The molecule has 1 aliphatic heterocycles. The van der Waals surface area contributed by atoms with Crippen LogP contribution in [0.5, 0.6) is 0 Å². The van der Waals surface area contributed by atoms with E-state index >= 15 is 0 Å². The SMILES string of the molecule is COC(=O)c1cc2c(cc1C)C(O)(Cc1ccccc1)CS2(=O)=O. The molecule has 0 amide bonds. The molecule has 2 aromatic carbocycles. The van der Waals surface area contributed by atoms with Gasteiger partial charge in [0, 0.05) is 12.0 Å². The number of aliphatic hydroxyl groups is 1. The highest BCUT2D eigenvalue weighted by molar-refractivity contribution is 7.91. The summed E-state index contributed by atoms with van der Waals surface area (Å²) >= 11 is 0. The van der Waals surface area contributed by atoms with Crippen molar-refractivity contribution in [1.82, 2.24) is 0 Å². The zero-order valence-electron chi connectivity index (χ0n) is 13.4. The third-order valence-corrected chi connectivity index (χ3v) is 6.20. The van der Waals surface area contributed by atoms with Crippen molar-refractivity contribution in [1.29, 1.82) is 0 Å². The van der Waals surface area contributed by atoms with Crippen LogP contribution in [0.4, 0.5) is 0 Å². The minimum atomic E-state index is -3.67. The Labute approximate surface area is 140 Å². The monoisotopic (exact) mass is 346 g/mol. The number of carbonyl (C=O) groups is 1. The standard InChI is InChI=1S/C18H18O5S/c1-12-8-15-16(9-14(12)17(19)23-2)24(21,22)11-18(15,20)10-13-6-4-3-5-7-13/h3-9,20H,10-11H2,1-2H3. The summed E-state index contributed by atoms with van der Waals surface area (Å²) in [6, 6.07) is 12.1. The lowest BCUT2D eigenvalue weighted by atomic mass is 9.87. The molecule has 0 aromatic heterocycles. The van der Waals surface area contributed by atoms with Gasteiger partial charge in [-0.25, -0.2) is 13.2 Å². The van der Waals surface area contributed by atoms with Crippen molar-refractivity contribution in [2.24, 2.45) is 0 Å². The Kier molecular flexibility index (Phi) is 3.97.